The maximum absolute atomic E-state index is 9.68. The van der Waals surface area contributed by atoms with Crippen LogP contribution >= 0.6 is 0 Å². The van der Waals surface area contributed by atoms with Gasteiger partial charge in [0.15, 0.2) is 0 Å². The molecule has 1 unspecified atom stereocenters. The molecule has 1 aromatic carbocycles. The average Bonchev–Trinajstić information content (AvgIpc) is 2.15. The van der Waals surface area contributed by atoms with Crippen LogP contribution in [0, 0.1) is 0 Å². The number of rotatable bonds is 4. The lowest BCUT2D eigenvalue weighted by atomic mass is 10.1. The molecule has 12 heavy (non-hydrogen) atoms. The van der Waals surface area contributed by atoms with Crippen molar-refractivity contribution in [3.63, 3.8) is 0 Å². The van der Waals surface area contributed by atoms with E-state index in [1.807, 2.05) is 18.2 Å². The Morgan fingerprint density at radius 2 is 2.08 bits per heavy atom. The summed E-state index contributed by atoms with van der Waals surface area (Å²) in [5, 5.41) is 9.35. The Hall–Kier alpha value is -1.35. The van der Waals surface area contributed by atoms with Crippen LogP contribution in [0.15, 0.2) is 30.3 Å². The van der Waals surface area contributed by atoms with Crippen molar-refractivity contribution in [1.29, 1.82) is 0 Å². The third-order valence-corrected chi connectivity index (χ3v) is 1.48. The first-order valence-electron chi connectivity index (χ1n) is 3.56. The maximum atomic E-state index is 9.68. The van der Waals surface area contributed by atoms with Crippen molar-refractivity contribution in [2.24, 2.45) is 0 Å². The third-order valence-electron chi connectivity index (χ3n) is 1.48. The van der Waals surface area contributed by atoms with Crippen LogP contribution in [-0.4, -0.2) is 18.2 Å². The van der Waals surface area contributed by atoms with Crippen LogP contribution in [0.5, 0.6) is 0 Å². The van der Waals surface area contributed by atoms with E-state index in [2.05, 4.69) is 4.74 Å². The minimum Gasteiger partial charge on any atom is -0.454 e. The summed E-state index contributed by atoms with van der Waals surface area (Å²) in [5.74, 6) is 0. The number of hydrogen-bond donors (Lipinski definition) is 1. The fourth-order valence-corrected chi connectivity index (χ4v) is 0.884. The van der Waals surface area contributed by atoms with Gasteiger partial charge in [0.25, 0.3) is 0 Å². The van der Waals surface area contributed by atoms with Crippen LogP contribution < -0.4 is 0 Å². The third kappa shape index (κ3) is 2.36. The number of benzene rings is 1. The molecule has 0 saturated carbocycles. The first kappa shape index (κ1) is 8.74. The summed E-state index contributed by atoms with van der Waals surface area (Å²) in [5.41, 5.74) is 0.729. The van der Waals surface area contributed by atoms with E-state index in [0.717, 1.165) is 5.56 Å². The van der Waals surface area contributed by atoms with Gasteiger partial charge in [0.05, 0.1) is 0 Å². The lowest BCUT2D eigenvalue weighted by molar-refractivity contribution is 0.0992. The van der Waals surface area contributed by atoms with Crippen LogP contribution in [0.4, 0.5) is 0 Å². The zero-order valence-electron chi connectivity index (χ0n) is 6.43. The fraction of sp³-hybridized carbons (Fsp3) is 0.222. The lowest BCUT2D eigenvalue weighted by Crippen LogP contribution is -2.05. The van der Waals surface area contributed by atoms with E-state index in [1.165, 1.54) is 6.47 Å². The summed E-state index contributed by atoms with van der Waals surface area (Å²) < 4.78 is 4.29. The van der Waals surface area contributed by atoms with E-state index in [1.54, 1.807) is 12.1 Å². The van der Waals surface area contributed by atoms with Gasteiger partial charge in [-0.1, -0.05) is 30.3 Å². The van der Waals surface area contributed by atoms with Gasteiger partial charge in [0, 0.05) is 0 Å². The number of aliphatic hydroxyl groups is 1. The van der Waals surface area contributed by atoms with Crippen molar-refractivity contribution in [2.45, 2.75) is 6.10 Å². The summed E-state index contributed by atoms with van der Waals surface area (Å²) >= 11 is 0. The standard InChI is InChI=1S/C9H9O3/c10-7-12-6-9(11)8-4-2-1-3-5-8/h1-5,9,11H,6H2. The second-order valence-electron chi connectivity index (χ2n) is 2.32. The van der Waals surface area contributed by atoms with Crippen LogP contribution in [-0.2, 0) is 9.53 Å². The van der Waals surface area contributed by atoms with Crippen molar-refractivity contribution in [2.75, 3.05) is 6.61 Å². The largest absolute Gasteiger partial charge is 0.454 e. The van der Waals surface area contributed by atoms with Gasteiger partial charge in [0.2, 0.25) is 0 Å². The molecule has 1 atom stereocenters. The van der Waals surface area contributed by atoms with E-state index in [0.29, 0.717) is 0 Å². The Morgan fingerprint density at radius 1 is 1.42 bits per heavy atom. The second-order valence-corrected chi connectivity index (χ2v) is 2.32. The first-order valence-corrected chi connectivity index (χ1v) is 3.56. The van der Waals surface area contributed by atoms with Gasteiger partial charge >= 0.3 is 6.47 Å². The number of hydrogen-bond acceptors (Lipinski definition) is 3. The summed E-state index contributed by atoms with van der Waals surface area (Å²) in [6, 6.07) is 8.99. The molecular weight excluding hydrogens is 156 g/mol. The Bertz CT molecular complexity index is 233. The molecule has 0 aliphatic rings. The van der Waals surface area contributed by atoms with E-state index < -0.39 is 6.10 Å². The van der Waals surface area contributed by atoms with E-state index in [9.17, 15) is 9.90 Å². The highest BCUT2D eigenvalue weighted by Gasteiger charge is 2.05. The highest BCUT2D eigenvalue weighted by Crippen LogP contribution is 2.11. The molecule has 0 amide bonds. The van der Waals surface area contributed by atoms with Gasteiger partial charge in [-0.25, -0.2) is 4.79 Å². The van der Waals surface area contributed by atoms with Crippen LogP contribution in [0.25, 0.3) is 0 Å². The van der Waals surface area contributed by atoms with Crippen molar-refractivity contribution in [1.82, 2.24) is 0 Å². The molecule has 0 saturated heterocycles. The molecule has 1 radical (unpaired) electrons. The number of carbonyl (C=O) groups excluding carboxylic acids is 1. The van der Waals surface area contributed by atoms with Crippen LogP contribution in [0.2, 0.25) is 0 Å². The van der Waals surface area contributed by atoms with Crippen molar-refractivity contribution in [3.05, 3.63) is 35.9 Å². The summed E-state index contributed by atoms with van der Waals surface area (Å²) in [7, 11) is 0. The summed E-state index contributed by atoms with van der Waals surface area (Å²) in [4.78, 5) is 9.68. The summed E-state index contributed by atoms with van der Waals surface area (Å²) in [6.07, 6.45) is -0.757. The normalized spacial score (nSPS) is 12.1. The van der Waals surface area contributed by atoms with Crippen molar-refractivity contribution < 1.29 is 14.6 Å². The van der Waals surface area contributed by atoms with Gasteiger partial charge in [-0.3, -0.25) is 0 Å². The molecule has 3 heteroatoms. The molecule has 0 aliphatic heterocycles. The van der Waals surface area contributed by atoms with Crippen LogP contribution in [0.1, 0.15) is 11.7 Å². The zero-order valence-corrected chi connectivity index (χ0v) is 6.43. The predicted molar refractivity (Wildman–Crippen MR) is 43.0 cm³/mol. The van der Waals surface area contributed by atoms with Gasteiger partial charge in [0.1, 0.15) is 12.7 Å². The molecule has 3 nitrogen and oxygen atoms in total. The molecule has 0 fully saturated rings. The molecule has 0 aromatic heterocycles. The van der Waals surface area contributed by atoms with E-state index >= 15 is 0 Å². The molecular formula is C9H9O3. The summed E-state index contributed by atoms with van der Waals surface area (Å²) in [6.45, 7) is 1.21. The molecule has 1 aromatic rings. The Balaban J connectivity index is 2.53. The topological polar surface area (TPSA) is 46.5 Å². The van der Waals surface area contributed by atoms with Gasteiger partial charge < -0.3 is 9.84 Å². The molecule has 1 N–H and O–H groups in total. The first-order chi connectivity index (χ1) is 5.84. The Kier molecular flexibility index (Phi) is 3.29. The molecule has 0 spiro atoms. The monoisotopic (exact) mass is 165 g/mol. The fourth-order valence-electron chi connectivity index (χ4n) is 0.884. The minimum absolute atomic E-state index is 0.0481. The molecule has 63 valence electrons. The molecule has 0 aliphatic carbocycles. The smallest absolute Gasteiger partial charge is 0.417 e. The van der Waals surface area contributed by atoms with E-state index in [4.69, 9.17) is 0 Å². The minimum atomic E-state index is -0.757. The Morgan fingerprint density at radius 3 is 2.67 bits per heavy atom. The second kappa shape index (κ2) is 4.51. The number of ether oxygens (including phenoxy) is 1. The molecule has 0 bridgehead atoms. The molecule has 0 heterocycles. The van der Waals surface area contributed by atoms with Crippen LogP contribution in [0.3, 0.4) is 0 Å². The maximum Gasteiger partial charge on any atom is 0.417 e. The highest BCUT2D eigenvalue weighted by atomic mass is 16.5. The van der Waals surface area contributed by atoms with Gasteiger partial charge in [-0.2, -0.15) is 0 Å². The van der Waals surface area contributed by atoms with Gasteiger partial charge in [-0.05, 0) is 5.56 Å². The number of aliphatic hydroxyl groups excluding tert-OH is 1. The average molecular weight is 165 g/mol. The molecule has 1 rings (SSSR count). The Labute approximate surface area is 70.6 Å². The lowest BCUT2D eigenvalue weighted by Gasteiger charge is -2.07. The quantitative estimate of drug-likeness (QED) is 0.717. The van der Waals surface area contributed by atoms with E-state index in [-0.39, 0.29) is 6.61 Å². The van der Waals surface area contributed by atoms with Gasteiger partial charge in [-0.15, -0.1) is 0 Å². The zero-order chi connectivity index (χ0) is 8.81. The van der Waals surface area contributed by atoms with Crippen molar-refractivity contribution >= 4 is 6.47 Å². The van der Waals surface area contributed by atoms with Crippen molar-refractivity contribution in [3.8, 4) is 0 Å². The highest BCUT2D eigenvalue weighted by molar-refractivity contribution is 5.38. The SMILES string of the molecule is O=[C]OCC(O)c1ccccc1. The predicted octanol–water partition coefficient (Wildman–Crippen LogP) is 0.804.